The Hall–Kier alpha value is -2.37. The smallest absolute Gasteiger partial charge is 0.251 e. The lowest BCUT2D eigenvalue weighted by Crippen LogP contribution is -2.26. The molecule has 0 saturated carbocycles. The van der Waals surface area contributed by atoms with Gasteiger partial charge in [0.2, 0.25) is 0 Å². The van der Waals surface area contributed by atoms with E-state index >= 15 is 0 Å². The first kappa shape index (κ1) is 13.1. The van der Waals surface area contributed by atoms with Crippen LogP contribution in [-0.2, 0) is 6.42 Å². The fourth-order valence-corrected chi connectivity index (χ4v) is 1.64. The highest BCUT2D eigenvalue weighted by Gasteiger charge is 2.09. The van der Waals surface area contributed by atoms with Crippen LogP contribution in [0, 0.1) is 5.82 Å². The summed E-state index contributed by atoms with van der Waals surface area (Å²) in [7, 11) is 1.38. The number of carbonyl (C=O) groups excluding carboxylic acids is 1. The summed E-state index contributed by atoms with van der Waals surface area (Å²) >= 11 is 0. The summed E-state index contributed by atoms with van der Waals surface area (Å²) < 4.78 is 18.2. The molecule has 1 amide bonds. The summed E-state index contributed by atoms with van der Waals surface area (Å²) in [5.41, 5.74) is 0.262. The molecule has 100 valence electrons. The zero-order chi connectivity index (χ0) is 13.7. The van der Waals surface area contributed by atoms with Crippen LogP contribution in [0.25, 0.3) is 0 Å². The lowest BCUT2D eigenvalue weighted by Gasteiger charge is -2.06. The third-order valence-corrected chi connectivity index (χ3v) is 2.62. The van der Waals surface area contributed by atoms with E-state index in [-0.39, 0.29) is 17.2 Å². The maximum atomic E-state index is 13.4. The Labute approximate surface area is 109 Å². The first-order valence-electron chi connectivity index (χ1n) is 5.80. The third kappa shape index (κ3) is 3.31. The minimum atomic E-state index is -0.554. The number of nitrogens with one attached hydrogen (secondary N) is 2. The molecule has 0 bridgehead atoms. The maximum absolute atomic E-state index is 13.4. The van der Waals surface area contributed by atoms with Gasteiger partial charge < -0.3 is 15.0 Å². The number of halogens is 1. The fourth-order valence-electron chi connectivity index (χ4n) is 1.64. The van der Waals surface area contributed by atoms with E-state index in [9.17, 15) is 9.18 Å². The number of hydrogen-bond donors (Lipinski definition) is 2. The number of ether oxygens (including phenoxy) is 1. The number of hydrogen-bond acceptors (Lipinski definition) is 3. The summed E-state index contributed by atoms with van der Waals surface area (Å²) in [5, 5.41) is 2.70. The Morgan fingerprint density at radius 1 is 1.53 bits per heavy atom. The number of methoxy groups -OCH3 is 1. The molecule has 19 heavy (non-hydrogen) atoms. The molecular formula is C13H14FN3O2. The minimum absolute atomic E-state index is 0.118. The summed E-state index contributed by atoms with van der Waals surface area (Å²) in [6, 6.07) is 4.10. The Morgan fingerprint density at radius 2 is 2.37 bits per heavy atom. The van der Waals surface area contributed by atoms with E-state index < -0.39 is 5.82 Å². The van der Waals surface area contributed by atoms with Gasteiger partial charge in [-0.3, -0.25) is 4.79 Å². The van der Waals surface area contributed by atoms with Crippen molar-refractivity contribution in [2.45, 2.75) is 6.42 Å². The highest BCUT2D eigenvalue weighted by molar-refractivity contribution is 5.94. The van der Waals surface area contributed by atoms with Crippen LogP contribution < -0.4 is 10.1 Å². The lowest BCUT2D eigenvalue weighted by atomic mass is 10.2. The van der Waals surface area contributed by atoms with Gasteiger partial charge in [-0.2, -0.15) is 0 Å². The zero-order valence-corrected chi connectivity index (χ0v) is 10.4. The molecule has 0 aliphatic heterocycles. The van der Waals surface area contributed by atoms with Crippen molar-refractivity contribution in [3.05, 3.63) is 47.8 Å². The van der Waals surface area contributed by atoms with E-state index in [4.69, 9.17) is 4.74 Å². The van der Waals surface area contributed by atoms with Crippen molar-refractivity contribution in [1.29, 1.82) is 0 Å². The molecule has 0 atom stereocenters. The molecule has 2 rings (SSSR count). The molecule has 0 radical (unpaired) electrons. The predicted octanol–water partition coefficient (Wildman–Crippen LogP) is 1.53. The topological polar surface area (TPSA) is 67.0 Å². The van der Waals surface area contributed by atoms with Gasteiger partial charge in [-0.05, 0) is 18.2 Å². The number of nitrogens with zero attached hydrogens (tertiary/aromatic N) is 1. The quantitative estimate of drug-likeness (QED) is 0.859. The van der Waals surface area contributed by atoms with Crippen molar-refractivity contribution >= 4 is 5.91 Å². The molecule has 2 aromatic rings. The van der Waals surface area contributed by atoms with Crippen LogP contribution in [0.15, 0.2) is 30.6 Å². The monoisotopic (exact) mass is 263 g/mol. The van der Waals surface area contributed by atoms with Crippen molar-refractivity contribution in [1.82, 2.24) is 15.3 Å². The average Bonchev–Trinajstić information content (AvgIpc) is 2.91. The van der Waals surface area contributed by atoms with Crippen molar-refractivity contribution in [2.24, 2.45) is 0 Å². The number of benzene rings is 1. The van der Waals surface area contributed by atoms with Crippen LogP contribution in [0.4, 0.5) is 4.39 Å². The number of aromatic amines is 1. The second-order valence-electron chi connectivity index (χ2n) is 3.89. The molecule has 2 N–H and O–H groups in total. The molecule has 0 spiro atoms. The van der Waals surface area contributed by atoms with Crippen LogP contribution >= 0.6 is 0 Å². The van der Waals surface area contributed by atoms with Gasteiger partial charge in [0.05, 0.1) is 7.11 Å². The van der Waals surface area contributed by atoms with E-state index in [0.29, 0.717) is 13.0 Å². The number of carbonyl (C=O) groups is 1. The zero-order valence-electron chi connectivity index (χ0n) is 10.4. The first-order valence-corrected chi connectivity index (χ1v) is 5.80. The van der Waals surface area contributed by atoms with E-state index in [1.807, 2.05) is 0 Å². The Kier molecular flexibility index (Phi) is 4.12. The van der Waals surface area contributed by atoms with Crippen LogP contribution in [0.2, 0.25) is 0 Å². The molecule has 1 heterocycles. The van der Waals surface area contributed by atoms with Crippen molar-refractivity contribution in [3.63, 3.8) is 0 Å². The predicted molar refractivity (Wildman–Crippen MR) is 67.6 cm³/mol. The van der Waals surface area contributed by atoms with Crippen LogP contribution in [-0.4, -0.2) is 29.5 Å². The lowest BCUT2D eigenvalue weighted by molar-refractivity contribution is 0.0953. The van der Waals surface area contributed by atoms with Gasteiger partial charge >= 0.3 is 0 Å². The van der Waals surface area contributed by atoms with E-state index in [1.165, 1.54) is 19.2 Å². The van der Waals surface area contributed by atoms with Crippen LogP contribution in [0.1, 0.15) is 16.2 Å². The molecular weight excluding hydrogens is 249 g/mol. The van der Waals surface area contributed by atoms with Gasteiger partial charge in [0, 0.05) is 30.9 Å². The summed E-state index contributed by atoms with van der Waals surface area (Å²) in [4.78, 5) is 18.8. The maximum Gasteiger partial charge on any atom is 0.251 e. The second-order valence-corrected chi connectivity index (χ2v) is 3.89. The van der Waals surface area contributed by atoms with E-state index in [2.05, 4.69) is 15.3 Å². The molecule has 5 nitrogen and oxygen atoms in total. The van der Waals surface area contributed by atoms with Crippen molar-refractivity contribution in [2.75, 3.05) is 13.7 Å². The molecule has 0 aliphatic carbocycles. The SMILES string of the molecule is COc1ccc(C(=O)NCCc2ncc[nH]2)cc1F. The average molecular weight is 263 g/mol. The number of imidazole rings is 1. The molecule has 0 aliphatic rings. The largest absolute Gasteiger partial charge is 0.494 e. The fraction of sp³-hybridized carbons (Fsp3) is 0.231. The van der Waals surface area contributed by atoms with E-state index in [0.717, 1.165) is 11.9 Å². The third-order valence-electron chi connectivity index (χ3n) is 2.62. The van der Waals surface area contributed by atoms with Crippen molar-refractivity contribution in [3.8, 4) is 5.75 Å². The molecule has 0 unspecified atom stereocenters. The second kappa shape index (κ2) is 5.99. The van der Waals surface area contributed by atoms with Gasteiger partial charge in [-0.1, -0.05) is 0 Å². The minimum Gasteiger partial charge on any atom is -0.494 e. The highest BCUT2D eigenvalue weighted by atomic mass is 19.1. The van der Waals surface area contributed by atoms with Gasteiger partial charge in [-0.15, -0.1) is 0 Å². The summed E-state index contributed by atoms with van der Waals surface area (Å²) in [5.74, 6) is 0.0302. The highest BCUT2D eigenvalue weighted by Crippen LogP contribution is 2.17. The Morgan fingerprint density at radius 3 is 3.00 bits per heavy atom. The summed E-state index contributed by atoms with van der Waals surface area (Å²) in [6.07, 6.45) is 3.96. The van der Waals surface area contributed by atoms with Crippen molar-refractivity contribution < 1.29 is 13.9 Å². The molecule has 0 saturated heterocycles. The van der Waals surface area contributed by atoms with Crippen LogP contribution in [0.5, 0.6) is 5.75 Å². The molecule has 1 aromatic heterocycles. The number of aromatic nitrogens is 2. The van der Waals surface area contributed by atoms with Crippen LogP contribution in [0.3, 0.4) is 0 Å². The first-order chi connectivity index (χ1) is 9.20. The number of rotatable bonds is 5. The van der Waals surface area contributed by atoms with E-state index in [1.54, 1.807) is 12.4 Å². The molecule has 0 fully saturated rings. The Bertz CT molecular complexity index is 555. The van der Waals surface area contributed by atoms with Gasteiger partial charge in [0.15, 0.2) is 11.6 Å². The Balaban J connectivity index is 1.91. The standard InChI is InChI=1S/C13H14FN3O2/c1-19-11-3-2-9(8-10(11)14)13(18)17-5-4-12-15-6-7-16-12/h2-3,6-8H,4-5H2,1H3,(H,15,16)(H,17,18). The molecule has 6 heteroatoms. The van der Waals surface area contributed by atoms with Gasteiger partial charge in [0.1, 0.15) is 5.82 Å². The number of amides is 1. The number of H-pyrrole nitrogens is 1. The normalized spacial score (nSPS) is 10.2. The molecule has 1 aromatic carbocycles. The van der Waals surface area contributed by atoms with Gasteiger partial charge in [-0.25, -0.2) is 9.37 Å². The van der Waals surface area contributed by atoms with Gasteiger partial charge in [0.25, 0.3) is 5.91 Å². The summed E-state index contributed by atoms with van der Waals surface area (Å²) in [6.45, 7) is 0.431.